The van der Waals surface area contributed by atoms with Crippen molar-refractivity contribution in [1.82, 2.24) is 10.2 Å². The molecule has 0 saturated carbocycles. The van der Waals surface area contributed by atoms with E-state index in [0.717, 1.165) is 44.3 Å². The van der Waals surface area contributed by atoms with E-state index < -0.39 is 5.54 Å². The lowest BCUT2D eigenvalue weighted by Gasteiger charge is -2.33. The molecule has 2 heterocycles. The van der Waals surface area contributed by atoms with Gasteiger partial charge in [-0.05, 0) is 49.7 Å². The topological polar surface area (TPSA) is 58.6 Å². The summed E-state index contributed by atoms with van der Waals surface area (Å²) in [6.07, 6.45) is 5.62. The van der Waals surface area contributed by atoms with E-state index in [2.05, 4.69) is 11.4 Å². The van der Waals surface area contributed by atoms with E-state index in [1.807, 2.05) is 18.2 Å². The average Bonchev–Trinajstić information content (AvgIpc) is 2.81. The van der Waals surface area contributed by atoms with Crippen LogP contribution in [0.1, 0.15) is 43.2 Å². The van der Waals surface area contributed by atoms with Crippen molar-refractivity contribution in [3.05, 3.63) is 35.4 Å². The number of carbonyl (C=O) groups excluding carboxylic acids is 2. The van der Waals surface area contributed by atoms with Gasteiger partial charge in [0.25, 0.3) is 5.91 Å². The maximum atomic E-state index is 13.1. The molecule has 1 spiro atoms. The van der Waals surface area contributed by atoms with Crippen LogP contribution in [0.2, 0.25) is 0 Å². The molecule has 2 aliphatic heterocycles. The summed E-state index contributed by atoms with van der Waals surface area (Å²) >= 11 is 0. The lowest BCUT2D eigenvalue weighted by molar-refractivity contribution is -0.134. The Morgan fingerprint density at radius 3 is 2.91 bits per heavy atom. The molecule has 23 heavy (non-hydrogen) atoms. The number of benzene rings is 1. The molecule has 4 rings (SSSR count). The van der Waals surface area contributed by atoms with E-state index in [1.165, 1.54) is 10.5 Å². The zero-order valence-electron chi connectivity index (χ0n) is 13.2. The van der Waals surface area contributed by atoms with Gasteiger partial charge in [0.2, 0.25) is 0 Å². The SMILES string of the molecule is O=C1NC2(CCCc3ccccc32)C(=O)N1CC1CCCCO1. The average molecular weight is 314 g/mol. The van der Waals surface area contributed by atoms with Crippen LogP contribution < -0.4 is 5.32 Å². The van der Waals surface area contributed by atoms with Gasteiger partial charge in [-0.3, -0.25) is 9.69 Å². The van der Waals surface area contributed by atoms with Crippen LogP contribution in [0.3, 0.4) is 0 Å². The van der Waals surface area contributed by atoms with E-state index in [4.69, 9.17) is 4.74 Å². The second kappa shape index (κ2) is 5.64. The Balaban J connectivity index is 1.62. The number of carbonyl (C=O) groups is 2. The maximum Gasteiger partial charge on any atom is 0.325 e. The van der Waals surface area contributed by atoms with Crippen LogP contribution >= 0.6 is 0 Å². The molecule has 3 amide bonds. The quantitative estimate of drug-likeness (QED) is 0.853. The number of rotatable bonds is 2. The van der Waals surface area contributed by atoms with Crippen molar-refractivity contribution in [2.75, 3.05) is 13.2 Å². The Morgan fingerprint density at radius 2 is 2.09 bits per heavy atom. The van der Waals surface area contributed by atoms with Crippen LogP contribution in [0, 0.1) is 0 Å². The Hall–Kier alpha value is -1.88. The fourth-order valence-corrected chi connectivity index (χ4v) is 4.13. The van der Waals surface area contributed by atoms with E-state index in [0.29, 0.717) is 13.0 Å². The summed E-state index contributed by atoms with van der Waals surface area (Å²) in [6, 6.07) is 7.70. The summed E-state index contributed by atoms with van der Waals surface area (Å²) in [5, 5.41) is 3.00. The van der Waals surface area contributed by atoms with Crippen molar-refractivity contribution in [2.24, 2.45) is 0 Å². The van der Waals surface area contributed by atoms with Crippen molar-refractivity contribution >= 4 is 11.9 Å². The minimum atomic E-state index is -0.861. The van der Waals surface area contributed by atoms with Gasteiger partial charge in [-0.1, -0.05) is 24.3 Å². The van der Waals surface area contributed by atoms with Gasteiger partial charge in [0.05, 0.1) is 12.6 Å². The van der Waals surface area contributed by atoms with Crippen molar-refractivity contribution in [3.8, 4) is 0 Å². The predicted molar refractivity (Wildman–Crippen MR) is 84.9 cm³/mol. The van der Waals surface area contributed by atoms with Gasteiger partial charge in [-0.15, -0.1) is 0 Å². The second-order valence-electron chi connectivity index (χ2n) is 6.75. The van der Waals surface area contributed by atoms with Crippen LogP contribution in [0.5, 0.6) is 0 Å². The minimum absolute atomic E-state index is 0.0209. The number of hydrogen-bond donors (Lipinski definition) is 1. The normalized spacial score (nSPS) is 30.4. The van der Waals surface area contributed by atoms with Gasteiger partial charge >= 0.3 is 6.03 Å². The lowest BCUT2D eigenvalue weighted by Crippen LogP contribution is -2.47. The Labute approximate surface area is 136 Å². The Bertz CT molecular complexity index is 639. The first-order valence-electron chi connectivity index (χ1n) is 8.55. The molecule has 2 saturated heterocycles. The molecule has 2 atom stereocenters. The van der Waals surface area contributed by atoms with Gasteiger partial charge in [-0.2, -0.15) is 0 Å². The number of aryl methyl sites for hydroxylation is 1. The third-order valence-electron chi connectivity index (χ3n) is 5.31. The first-order valence-corrected chi connectivity index (χ1v) is 8.55. The monoisotopic (exact) mass is 314 g/mol. The fraction of sp³-hybridized carbons (Fsp3) is 0.556. The molecule has 1 aromatic carbocycles. The van der Waals surface area contributed by atoms with Crippen molar-refractivity contribution in [1.29, 1.82) is 0 Å². The van der Waals surface area contributed by atoms with Crippen molar-refractivity contribution < 1.29 is 14.3 Å². The maximum absolute atomic E-state index is 13.1. The summed E-state index contributed by atoms with van der Waals surface area (Å²) in [5.74, 6) is -0.108. The molecule has 0 bridgehead atoms. The summed E-state index contributed by atoms with van der Waals surface area (Å²) in [5.41, 5.74) is 1.28. The zero-order chi connectivity index (χ0) is 15.9. The summed E-state index contributed by atoms with van der Waals surface area (Å²) in [7, 11) is 0. The smallest absolute Gasteiger partial charge is 0.325 e. The summed E-state index contributed by atoms with van der Waals surface area (Å²) < 4.78 is 5.71. The number of urea groups is 1. The zero-order valence-corrected chi connectivity index (χ0v) is 13.2. The molecule has 0 aromatic heterocycles. The third kappa shape index (κ3) is 2.34. The van der Waals surface area contributed by atoms with Crippen molar-refractivity contribution in [3.63, 3.8) is 0 Å². The Morgan fingerprint density at radius 1 is 1.22 bits per heavy atom. The van der Waals surface area contributed by atoms with Gasteiger partial charge in [-0.25, -0.2) is 4.79 Å². The number of fused-ring (bicyclic) bond motifs is 2. The largest absolute Gasteiger partial charge is 0.376 e. The van der Waals surface area contributed by atoms with Gasteiger partial charge in [0.1, 0.15) is 5.54 Å². The molecule has 122 valence electrons. The highest BCUT2D eigenvalue weighted by Gasteiger charge is 2.54. The molecule has 3 aliphatic rings. The fourth-order valence-electron chi connectivity index (χ4n) is 4.13. The highest BCUT2D eigenvalue weighted by molar-refractivity contribution is 6.07. The molecule has 5 nitrogen and oxygen atoms in total. The summed E-state index contributed by atoms with van der Waals surface area (Å²) in [4.78, 5) is 27.0. The summed E-state index contributed by atoms with van der Waals surface area (Å²) in [6.45, 7) is 1.09. The molecule has 0 radical (unpaired) electrons. The molecule has 5 heteroatoms. The minimum Gasteiger partial charge on any atom is -0.376 e. The van der Waals surface area contributed by atoms with Crippen LogP contribution in [-0.2, 0) is 21.5 Å². The van der Waals surface area contributed by atoms with Gasteiger partial charge in [0.15, 0.2) is 0 Å². The van der Waals surface area contributed by atoms with E-state index >= 15 is 0 Å². The molecule has 1 N–H and O–H groups in total. The number of hydrogen-bond acceptors (Lipinski definition) is 3. The van der Waals surface area contributed by atoms with E-state index in [-0.39, 0.29) is 18.0 Å². The molecule has 2 fully saturated rings. The molecule has 1 aliphatic carbocycles. The number of amides is 3. The highest BCUT2D eigenvalue weighted by Crippen LogP contribution is 2.40. The van der Waals surface area contributed by atoms with Gasteiger partial charge in [0, 0.05) is 6.61 Å². The first-order chi connectivity index (χ1) is 11.2. The first kappa shape index (κ1) is 14.7. The molecule has 1 aromatic rings. The van der Waals surface area contributed by atoms with Crippen LogP contribution in [0.15, 0.2) is 24.3 Å². The lowest BCUT2D eigenvalue weighted by atomic mass is 9.76. The number of ether oxygens (including phenoxy) is 1. The van der Waals surface area contributed by atoms with E-state index in [1.54, 1.807) is 0 Å². The second-order valence-corrected chi connectivity index (χ2v) is 6.75. The standard InChI is InChI=1S/C18H22N2O3/c21-16-18(10-5-7-13-6-1-2-9-15(13)18)19-17(22)20(16)12-14-8-3-4-11-23-14/h1-2,6,9,14H,3-5,7-8,10-12H2,(H,19,22). The molecule has 2 unspecified atom stereocenters. The van der Waals surface area contributed by atoms with Crippen LogP contribution in [-0.4, -0.2) is 36.1 Å². The predicted octanol–water partition coefficient (Wildman–Crippen LogP) is 2.34. The van der Waals surface area contributed by atoms with Crippen LogP contribution in [0.4, 0.5) is 4.79 Å². The van der Waals surface area contributed by atoms with Crippen molar-refractivity contribution in [2.45, 2.75) is 50.2 Å². The third-order valence-corrected chi connectivity index (χ3v) is 5.31. The molecular weight excluding hydrogens is 292 g/mol. The van der Waals surface area contributed by atoms with Gasteiger partial charge < -0.3 is 10.1 Å². The van der Waals surface area contributed by atoms with Crippen LogP contribution in [0.25, 0.3) is 0 Å². The Kier molecular flexibility index (Phi) is 3.60. The highest BCUT2D eigenvalue weighted by atomic mass is 16.5. The number of imide groups is 1. The number of nitrogens with zero attached hydrogens (tertiary/aromatic N) is 1. The number of nitrogens with one attached hydrogen (secondary N) is 1. The molecular formula is C18H22N2O3. The van der Waals surface area contributed by atoms with E-state index in [9.17, 15) is 9.59 Å².